The quantitative estimate of drug-likeness (QED) is 0.866. The molecule has 1 aromatic carbocycles. The van der Waals surface area contributed by atoms with Gasteiger partial charge in [0.25, 0.3) is 0 Å². The third-order valence-electron chi connectivity index (χ3n) is 3.49. The molecule has 3 nitrogen and oxygen atoms in total. The van der Waals surface area contributed by atoms with Crippen LogP contribution >= 0.6 is 23.8 Å². The monoisotopic (exact) mass is 297 g/mol. The normalized spacial score (nSPS) is 19.2. The molecule has 1 fully saturated rings. The van der Waals surface area contributed by atoms with Gasteiger partial charge in [0.05, 0.1) is 10.7 Å². The van der Waals surface area contributed by atoms with E-state index in [1.165, 1.54) is 12.8 Å². The summed E-state index contributed by atoms with van der Waals surface area (Å²) in [4.78, 5) is 5.01. The van der Waals surface area contributed by atoms with Crippen molar-refractivity contribution >= 4 is 34.5 Å². The van der Waals surface area contributed by atoms with Crippen LogP contribution < -0.4 is 10.6 Å². The van der Waals surface area contributed by atoms with Crippen LogP contribution in [0, 0.1) is 0 Å². The van der Waals surface area contributed by atoms with E-state index in [0.717, 1.165) is 29.4 Å². The number of rotatable bonds is 4. The number of thiocarbonyl (C=S) groups is 1. The number of hydrogen-bond acceptors (Lipinski definition) is 3. The first-order valence-corrected chi connectivity index (χ1v) is 7.28. The zero-order valence-corrected chi connectivity index (χ0v) is 13.0. The fraction of sp³-hybridized carbons (Fsp3) is 0.500. The number of nitrogens with zero attached hydrogens (tertiary/aromatic N) is 2. The molecule has 1 atom stereocenters. The van der Waals surface area contributed by atoms with Crippen LogP contribution in [0.15, 0.2) is 18.2 Å². The fourth-order valence-corrected chi connectivity index (χ4v) is 3.07. The molecular formula is C14H20ClN3S. The van der Waals surface area contributed by atoms with Gasteiger partial charge in [0.1, 0.15) is 4.99 Å². The van der Waals surface area contributed by atoms with Crippen LogP contribution in [-0.4, -0.2) is 43.1 Å². The van der Waals surface area contributed by atoms with E-state index >= 15 is 0 Å². The number of likely N-dealkylation sites (N-methyl/N-ethyl adjacent to an activating group) is 1. The first-order valence-electron chi connectivity index (χ1n) is 6.50. The Morgan fingerprint density at radius 3 is 2.84 bits per heavy atom. The van der Waals surface area contributed by atoms with E-state index in [2.05, 4.69) is 23.9 Å². The molecule has 0 aliphatic carbocycles. The van der Waals surface area contributed by atoms with Crippen molar-refractivity contribution in [2.24, 2.45) is 5.73 Å². The van der Waals surface area contributed by atoms with Crippen LogP contribution in [0.25, 0.3) is 0 Å². The van der Waals surface area contributed by atoms with Crippen molar-refractivity contribution in [3.8, 4) is 0 Å². The van der Waals surface area contributed by atoms with E-state index in [1.807, 2.05) is 18.2 Å². The number of benzene rings is 1. The van der Waals surface area contributed by atoms with Crippen molar-refractivity contribution in [2.45, 2.75) is 18.9 Å². The van der Waals surface area contributed by atoms with E-state index < -0.39 is 0 Å². The summed E-state index contributed by atoms with van der Waals surface area (Å²) in [6, 6.07) is 6.38. The summed E-state index contributed by atoms with van der Waals surface area (Å²) in [5.41, 5.74) is 7.55. The number of anilines is 1. The summed E-state index contributed by atoms with van der Waals surface area (Å²) in [7, 11) is 4.21. The molecule has 5 heteroatoms. The molecule has 1 saturated heterocycles. The molecule has 104 valence electrons. The van der Waals surface area contributed by atoms with Crippen molar-refractivity contribution in [1.82, 2.24) is 4.90 Å². The SMILES string of the molecule is CN(C)CC1CCCN1c1ccc(C(N)=S)cc1Cl. The van der Waals surface area contributed by atoms with E-state index in [1.54, 1.807) is 0 Å². The number of nitrogens with two attached hydrogens (primary N) is 1. The highest BCUT2D eigenvalue weighted by Crippen LogP contribution is 2.32. The molecule has 19 heavy (non-hydrogen) atoms. The van der Waals surface area contributed by atoms with Gasteiger partial charge < -0.3 is 15.5 Å². The van der Waals surface area contributed by atoms with Crippen molar-refractivity contribution in [2.75, 3.05) is 32.1 Å². The van der Waals surface area contributed by atoms with Crippen molar-refractivity contribution < 1.29 is 0 Å². The van der Waals surface area contributed by atoms with E-state index in [-0.39, 0.29) is 0 Å². The Morgan fingerprint density at radius 1 is 1.53 bits per heavy atom. The maximum Gasteiger partial charge on any atom is 0.104 e. The topological polar surface area (TPSA) is 32.5 Å². The summed E-state index contributed by atoms with van der Waals surface area (Å²) in [5.74, 6) is 0. The maximum absolute atomic E-state index is 6.38. The molecule has 2 rings (SSSR count). The summed E-state index contributed by atoms with van der Waals surface area (Å²) in [6.07, 6.45) is 2.43. The van der Waals surface area contributed by atoms with Gasteiger partial charge >= 0.3 is 0 Å². The molecule has 0 bridgehead atoms. The largest absolute Gasteiger partial charge is 0.389 e. The molecule has 0 saturated carbocycles. The first-order chi connectivity index (χ1) is 8.99. The lowest BCUT2D eigenvalue weighted by atomic mass is 10.1. The molecule has 0 spiro atoms. The van der Waals surface area contributed by atoms with Gasteiger partial charge in [-0.15, -0.1) is 0 Å². The molecule has 0 radical (unpaired) electrons. The van der Waals surface area contributed by atoms with Gasteiger partial charge in [-0.05, 0) is 45.1 Å². The Bertz CT molecular complexity index is 476. The summed E-state index contributed by atoms with van der Waals surface area (Å²) in [5, 5.41) is 0.732. The van der Waals surface area contributed by atoms with E-state index in [0.29, 0.717) is 11.0 Å². The molecule has 0 aromatic heterocycles. The second kappa shape index (κ2) is 6.07. The molecule has 0 amide bonds. The van der Waals surface area contributed by atoms with Crippen molar-refractivity contribution in [3.63, 3.8) is 0 Å². The average molecular weight is 298 g/mol. The van der Waals surface area contributed by atoms with E-state index in [9.17, 15) is 0 Å². The molecule has 1 aliphatic heterocycles. The lowest BCUT2D eigenvalue weighted by molar-refractivity contribution is 0.372. The van der Waals surface area contributed by atoms with Gasteiger partial charge in [0, 0.05) is 24.7 Å². The number of hydrogen-bond donors (Lipinski definition) is 1. The second-order valence-electron chi connectivity index (χ2n) is 5.28. The van der Waals surface area contributed by atoms with Gasteiger partial charge in [-0.3, -0.25) is 0 Å². The Hall–Kier alpha value is -0.840. The van der Waals surface area contributed by atoms with Crippen LogP contribution in [0.1, 0.15) is 18.4 Å². The van der Waals surface area contributed by atoms with Crippen LogP contribution in [0.3, 0.4) is 0 Å². The first kappa shape index (κ1) is 14.6. The van der Waals surface area contributed by atoms with Gasteiger partial charge in [-0.1, -0.05) is 23.8 Å². The molecule has 1 aromatic rings. The smallest absolute Gasteiger partial charge is 0.104 e. The minimum atomic E-state index is 0.389. The predicted molar refractivity (Wildman–Crippen MR) is 86.3 cm³/mol. The van der Waals surface area contributed by atoms with Gasteiger partial charge in [-0.2, -0.15) is 0 Å². The second-order valence-corrected chi connectivity index (χ2v) is 6.13. The van der Waals surface area contributed by atoms with Crippen LogP contribution in [0.5, 0.6) is 0 Å². The Labute approximate surface area is 125 Å². The summed E-state index contributed by atoms with van der Waals surface area (Å²) < 4.78 is 0. The zero-order chi connectivity index (χ0) is 14.0. The minimum Gasteiger partial charge on any atom is -0.389 e. The van der Waals surface area contributed by atoms with Gasteiger partial charge in [-0.25, -0.2) is 0 Å². The molecule has 1 aliphatic rings. The highest BCUT2D eigenvalue weighted by atomic mass is 35.5. The summed E-state index contributed by atoms with van der Waals surface area (Å²) >= 11 is 11.4. The minimum absolute atomic E-state index is 0.389. The third kappa shape index (κ3) is 3.38. The molecular weight excluding hydrogens is 278 g/mol. The zero-order valence-electron chi connectivity index (χ0n) is 11.4. The summed E-state index contributed by atoms with van der Waals surface area (Å²) in [6.45, 7) is 2.11. The average Bonchev–Trinajstić information content (AvgIpc) is 2.75. The number of halogens is 1. The lowest BCUT2D eigenvalue weighted by Gasteiger charge is -2.30. The van der Waals surface area contributed by atoms with E-state index in [4.69, 9.17) is 29.6 Å². The van der Waals surface area contributed by atoms with Gasteiger partial charge in [0.2, 0.25) is 0 Å². The lowest BCUT2D eigenvalue weighted by Crippen LogP contribution is -2.37. The van der Waals surface area contributed by atoms with Gasteiger partial charge in [0.15, 0.2) is 0 Å². The molecule has 1 heterocycles. The van der Waals surface area contributed by atoms with Crippen molar-refractivity contribution in [1.29, 1.82) is 0 Å². The Kier molecular flexibility index (Phi) is 4.66. The molecule has 1 unspecified atom stereocenters. The third-order valence-corrected chi connectivity index (χ3v) is 4.03. The highest BCUT2D eigenvalue weighted by molar-refractivity contribution is 7.80. The van der Waals surface area contributed by atoms with Crippen molar-refractivity contribution in [3.05, 3.63) is 28.8 Å². The maximum atomic E-state index is 6.38. The molecule has 2 N–H and O–H groups in total. The fourth-order valence-electron chi connectivity index (χ4n) is 2.66. The van der Waals surface area contributed by atoms with Crippen LogP contribution in [0.2, 0.25) is 5.02 Å². The highest BCUT2D eigenvalue weighted by Gasteiger charge is 2.26. The Morgan fingerprint density at radius 2 is 2.26 bits per heavy atom. The Balaban J connectivity index is 2.23. The predicted octanol–water partition coefficient (Wildman–Crippen LogP) is 2.50. The van der Waals surface area contributed by atoms with Crippen LogP contribution in [-0.2, 0) is 0 Å². The van der Waals surface area contributed by atoms with Crippen LogP contribution in [0.4, 0.5) is 5.69 Å². The standard InChI is InChI=1S/C14H20ClN3S/c1-17(2)9-11-4-3-7-18(11)13-6-5-10(14(16)19)8-12(13)15/h5-6,8,11H,3-4,7,9H2,1-2H3,(H2,16,19).